The average molecular weight is 364 g/mol. The van der Waals surface area contributed by atoms with Gasteiger partial charge in [-0.2, -0.15) is 11.8 Å². The number of nitrogens with two attached hydrogens (primary N) is 1. The van der Waals surface area contributed by atoms with Crippen LogP contribution in [0, 0.1) is 0 Å². The van der Waals surface area contributed by atoms with E-state index in [0.29, 0.717) is 6.42 Å². The van der Waals surface area contributed by atoms with Gasteiger partial charge in [-0.15, -0.1) is 0 Å². The topological polar surface area (TPSA) is 113 Å². The molecule has 2 aromatic rings. The quantitative estimate of drug-likeness (QED) is 0.597. The fourth-order valence-electron chi connectivity index (χ4n) is 1.96. The lowest BCUT2D eigenvalue weighted by Gasteiger charge is -2.11. The van der Waals surface area contributed by atoms with Gasteiger partial charge < -0.3 is 21.3 Å². The number of carboxylic acid groups (broad SMARTS) is 2. The van der Waals surface area contributed by atoms with Crippen LogP contribution in [0.3, 0.4) is 0 Å². The Morgan fingerprint density at radius 1 is 1.12 bits per heavy atom. The average Bonchev–Trinajstić information content (AvgIpc) is 2.59. The summed E-state index contributed by atoms with van der Waals surface area (Å²) >= 11 is 1.60. The zero-order valence-corrected chi connectivity index (χ0v) is 15.1. The molecule has 0 bridgehead atoms. The molecule has 0 fully saturated rings. The fraction of sp³-hybridized carbons (Fsp3) is 0.333. The van der Waals surface area contributed by atoms with Gasteiger partial charge in [0.15, 0.2) is 0 Å². The molecule has 25 heavy (non-hydrogen) atoms. The maximum absolute atomic E-state index is 10.7. The van der Waals surface area contributed by atoms with Crippen molar-refractivity contribution in [3.63, 3.8) is 0 Å². The van der Waals surface area contributed by atoms with Gasteiger partial charge in [-0.05, 0) is 48.3 Å². The molecule has 0 aliphatic rings. The van der Waals surface area contributed by atoms with Crippen LogP contribution >= 0.6 is 11.8 Å². The second kappa shape index (κ2) is 10.6. The second-order valence-corrected chi connectivity index (χ2v) is 6.48. The first kappa shape index (κ1) is 20.8. The zero-order chi connectivity index (χ0) is 18.8. The molecule has 0 unspecified atom stereocenters. The molecule has 0 spiro atoms. The number of hydrogen-bond donors (Lipinski definition) is 4. The van der Waals surface area contributed by atoms with Crippen molar-refractivity contribution in [1.29, 1.82) is 0 Å². The van der Waals surface area contributed by atoms with E-state index in [0.717, 1.165) is 22.2 Å². The third-order valence-corrected chi connectivity index (χ3v) is 4.10. The zero-order valence-electron chi connectivity index (χ0n) is 14.3. The van der Waals surface area contributed by atoms with Crippen molar-refractivity contribution < 1.29 is 19.8 Å². The maximum Gasteiger partial charge on any atom is 0.325 e. The monoisotopic (exact) mass is 364 g/mol. The Bertz CT molecular complexity index is 708. The summed E-state index contributed by atoms with van der Waals surface area (Å²) in [6.45, 7) is 1.62. The number of aliphatic carboxylic acids is 2. The van der Waals surface area contributed by atoms with Gasteiger partial charge in [-0.25, -0.2) is 0 Å². The number of thioether (sulfide) groups is 1. The van der Waals surface area contributed by atoms with Crippen LogP contribution in [-0.2, 0) is 9.59 Å². The van der Waals surface area contributed by atoms with E-state index in [2.05, 4.69) is 5.32 Å². The third-order valence-electron chi connectivity index (χ3n) is 3.45. The lowest BCUT2D eigenvalue weighted by Crippen LogP contribution is -2.30. The summed E-state index contributed by atoms with van der Waals surface area (Å²) in [5.41, 5.74) is 6.02. The number of carbonyl (C=O) groups is 2. The van der Waals surface area contributed by atoms with Gasteiger partial charge in [0, 0.05) is 5.69 Å². The Labute approximate surface area is 151 Å². The van der Waals surface area contributed by atoms with Gasteiger partial charge in [-0.3, -0.25) is 9.59 Å². The highest BCUT2D eigenvalue weighted by Crippen LogP contribution is 2.19. The molecule has 6 nitrogen and oxygen atoms in total. The molecule has 0 radical (unpaired) electrons. The van der Waals surface area contributed by atoms with Gasteiger partial charge >= 0.3 is 11.9 Å². The van der Waals surface area contributed by atoms with E-state index in [1.807, 2.05) is 48.7 Å². The number of rotatable bonds is 7. The van der Waals surface area contributed by atoms with Crippen LogP contribution in [0.1, 0.15) is 13.3 Å². The van der Waals surface area contributed by atoms with Crippen molar-refractivity contribution in [1.82, 2.24) is 0 Å². The maximum atomic E-state index is 10.7. The van der Waals surface area contributed by atoms with Crippen molar-refractivity contribution in [3.05, 3.63) is 42.5 Å². The van der Waals surface area contributed by atoms with Crippen molar-refractivity contribution >= 4 is 40.2 Å². The van der Waals surface area contributed by atoms with Gasteiger partial charge in [0.05, 0.1) is 0 Å². The summed E-state index contributed by atoms with van der Waals surface area (Å²) < 4.78 is 0. The van der Waals surface area contributed by atoms with Gasteiger partial charge in [0.1, 0.15) is 12.1 Å². The summed E-state index contributed by atoms with van der Waals surface area (Å²) in [6, 6.07) is 12.5. The summed E-state index contributed by atoms with van der Waals surface area (Å²) in [4.78, 5) is 20.8. The minimum atomic E-state index is -0.913. The normalized spacial score (nSPS) is 12.6. The third kappa shape index (κ3) is 7.45. The highest BCUT2D eigenvalue weighted by atomic mass is 32.2. The minimum absolute atomic E-state index is 0.552. The van der Waals surface area contributed by atoms with Gasteiger partial charge in [0.25, 0.3) is 0 Å². The van der Waals surface area contributed by atoms with Crippen molar-refractivity contribution in [2.75, 3.05) is 17.3 Å². The first-order chi connectivity index (χ1) is 11.8. The van der Waals surface area contributed by atoms with Crippen LogP contribution in [0.25, 0.3) is 10.8 Å². The molecule has 0 aromatic heterocycles. The summed E-state index contributed by atoms with van der Waals surface area (Å²) in [7, 11) is 0. The lowest BCUT2D eigenvalue weighted by molar-refractivity contribution is -0.139. The molecule has 0 saturated carbocycles. The number of anilines is 1. The molecule has 2 rings (SSSR count). The summed E-state index contributed by atoms with van der Waals surface area (Å²) in [5, 5.41) is 22.3. The number of nitrogens with one attached hydrogen (secondary N) is 1. The Morgan fingerprint density at radius 3 is 2.32 bits per heavy atom. The summed E-state index contributed by atoms with van der Waals surface area (Å²) in [5.74, 6) is -0.954. The number of carboxylic acids is 2. The standard InChI is InChI=1S/C13H13NO2.C5H11NO2S/c1-9(13(15)16)14-12-7-6-10-4-2-3-5-11(10)8-12;1-9-3-2-4(6)5(7)8/h2-9,14H,1H3,(H,15,16);4H,2-3,6H2,1H3,(H,7,8)/t9-;4-/m00/s1. The Morgan fingerprint density at radius 2 is 1.76 bits per heavy atom. The largest absolute Gasteiger partial charge is 0.480 e. The van der Waals surface area contributed by atoms with E-state index >= 15 is 0 Å². The van der Waals surface area contributed by atoms with Crippen molar-refractivity contribution in [2.24, 2.45) is 5.73 Å². The molecule has 5 N–H and O–H groups in total. The predicted octanol–water partition coefficient (Wildman–Crippen LogP) is 2.88. The molecular weight excluding hydrogens is 340 g/mol. The molecular formula is C18H24N2O4S. The molecule has 0 saturated heterocycles. The molecule has 2 atom stereocenters. The molecule has 0 amide bonds. The highest BCUT2D eigenvalue weighted by Gasteiger charge is 2.10. The Hall–Kier alpha value is -2.25. The fourth-order valence-corrected chi connectivity index (χ4v) is 2.45. The van der Waals surface area contributed by atoms with Crippen molar-refractivity contribution in [3.8, 4) is 0 Å². The molecule has 0 heterocycles. The SMILES string of the molecule is CSCC[C@H](N)C(=O)O.C[C@H](Nc1ccc2ccccc2c1)C(=O)O. The van der Waals surface area contributed by atoms with E-state index in [4.69, 9.17) is 15.9 Å². The number of benzene rings is 2. The second-order valence-electron chi connectivity index (χ2n) is 5.49. The molecule has 7 heteroatoms. The van der Waals surface area contributed by atoms with Crippen LogP contribution in [0.4, 0.5) is 5.69 Å². The number of hydrogen-bond acceptors (Lipinski definition) is 5. The van der Waals surface area contributed by atoms with Crippen LogP contribution in [0.5, 0.6) is 0 Å². The summed E-state index contributed by atoms with van der Waals surface area (Å²) in [6.07, 6.45) is 2.48. The van der Waals surface area contributed by atoms with E-state index in [1.165, 1.54) is 0 Å². The predicted molar refractivity (Wildman–Crippen MR) is 103 cm³/mol. The lowest BCUT2D eigenvalue weighted by atomic mass is 10.1. The van der Waals surface area contributed by atoms with Gasteiger partial charge in [0.2, 0.25) is 0 Å². The Kier molecular flexibility index (Phi) is 8.80. The molecule has 2 aromatic carbocycles. The molecule has 0 aliphatic carbocycles. The van der Waals surface area contributed by atoms with Crippen LogP contribution in [0.15, 0.2) is 42.5 Å². The van der Waals surface area contributed by atoms with E-state index in [1.54, 1.807) is 18.7 Å². The minimum Gasteiger partial charge on any atom is -0.480 e. The first-order valence-electron chi connectivity index (χ1n) is 7.80. The molecule has 0 aliphatic heterocycles. The molecule has 136 valence electrons. The smallest absolute Gasteiger partial charge is 0.325 e. The van der Waals surface area contributed by atoms with E-state index in [9.17, 15) is 9.59 Å². The van der Waals surface area contributed by atoms with E-state index < -0.39 is 24.0 Å². The van der Waals surface area contributed by atoms with Crippen LogP contribution < -0.4 is 11.1 Å². The Balaban J connectivity index is 0.000000299. The van der Waals surface area contributed by atoms with Crippen LogP contribution in [0.2, 0.25) is 0 Å². The first-order valence-corrected chi connectivity index (χ1v) is 9.20. The number of fused-ring (bicyclic) bond motifs is 1. The van der Waals surface area contributed by atoms with Crippen LogP contribution in [-0.4, -0.2) is 46.2 Å². The highest BCUT2D eigenvalue weighted by molar-refractivity contribution is 7.98. The van der Waals surface area contributed by atoms with Crippen molar-refractivity contribution in [2.45, 2.75) is 25.4 Å². The van der Waals surface area contributed by atoms with Gasteiger partial charge in [-0.1, -0.05) is 30.3 Å². The van der Waals surface area contributed by atoms with E-state index in [-0.39, 0.29) is 0 Å².